The fourth-order valence-corrected chi connectivity index (χ4v) is 2.33. The summed E-state index contributed by atoms with van der Waals surface area (Å²) in [6.45, 7) is 4.29. The standard InChI is InChI=1S/C13H18BrFO/c1-4-11(9(2)14)7-10-5-6-13(16-3)12(15)8-10/h5-6,8-9,11H,4,7H2,1-3H3. The minimum Gasteiger partial charge on any atom is -0.494 e. The van der Waals surface area contributed by atoms with Crippen LogP contribution in [0.4, 0.5) is 4.39 Å². The van der Waals surface area contributed by atoms with Crippen molar-refractivity contribution >= 4 is 15.9 Å². The molecule has 0 bridgehead atoms. The first-order valence-electron chi connectivity index (χ1n) is 5.55. The van der Waals surface area contributed by atoms with Gasteiger partial charge in [0.25, 0.3) is 0 Å². The van der Waals surface area contributed by atoms with E-state index in [0.717, 1.165) is 18.4 Å². The molecule has 0 aliphatic heterocycles. The summed E-state index contributed by atoms with van der Waals surface area (Å²) in [6, 6.07) is 5.19. The average molecular weight is 289 g/mol. The van der Waals surface area contributed by atoms with Gasteiger partial charge in [-0.3, -0.25) is 0 Å². The van der Waals surface area contributed by atoms with Gasteiger partial charge in [-0.2, -0.15) is 0 Å². The Morgan fingerprint density at radius 2 is 2.12 bits per heavy atom. The molecule has 90 valence electrons. The van der Waals surface area contributed by atoms with Crippen LogP contribution >= 0.6 is 15.9 Å². The van der Waals surface area contributed by atoms with Crippen molar-refractivity contribution in [3.05, 3.63) is 29.6 Å². The van der Waals surface area contributed by atoms with E-state index in [0.29, 0.717) is 16.5 Å². The first-order chi connectivity index (χ1) is 7.58. The number of methoxy groups -OCH3 is 1. The van der Waals surface area contributed by atoms with Gasteiger partial charge in [0.15, 0.2) is 11.6 Å². The summed E-state index contributed by atoms with van der Waals surface area (Å²) in [4.78, 5) is 0.447. The smallest absolute Gasteiger partial charge is 0.165 e. The van der Waals surface area contributed by atoms with Crippen LogP contribution in [0.15, 0.2) is 18.2 Å². The molecule has 0 fully saturated rings. The maximum Gasteiger partial charge on any atom is 0.165 e. The fourth-order valence-electron chi connectivity index (χ4n) is 1.77. The van der Waals surface area contributed by atoms with Crippen molar-refractivity contribution < 1.29 is 9.13 Å². The zero-order valence-electron chi connectivity index (χ0n) is 9.97. The number of alkyl halides is 1. The third-order valence-corrected chi connectivity index (χ3v) is 3.64. The van der Waals surface area contributed by atoms with Crippen molar-refractivity contribution in [3.8, 4) is 5.75 Å². The van der Waals surface area contributed by atoms with E-state index in [4.69, 9.17) is 4.74 Å². The number of ether oxygens (including phenoxy) is 1. The van der Waals surface area contributed by atoms with E-state index in [9.17, 15) is 4.39 Å². The Bertz CT molecular complexity index is 339. The predicted molar refractivity (Wildman–Crippen MR) is 68.8 cm³/mol. The molecular weight excluding hydrogens is 271 g/mol. The second kappa shape index (κ2) is 6.24. The van der Waals surface area contributed by atoms with Crippen molar-refractivity contribution in [3.63, 3.8) is 0 Å². The number of halogens is 2. The molecule has 0 N–H and O–H groups in total. The van der Waals surface area contributed by atoms with Crippen molar-refractivity contribution in [2.45, 2.75) is 31.5 Å². The molecule has 1 rings (SSSR count). The van der Waals surface area contributed by atoms with Crippen LogP contribution in [0.25, 0.3) is 0 Å². The summed E-state index contributed by atoms with van der Waals surface area (Å²) < 4.78 is 18.4. The molecule has 0 aromatic heterocycles. The quantitative estimate of drug-likeness (QED) is 0.739. The molecule has 0 aliphatic rings. The second-order valence-corrected chi connectivity index (χ2v) is 5.46. The Labute approximate surface area is 105 Å². The number of hydrogen-bond acceptors (Lipinski definition) is 1. The number of benzene rings is 1. The molecule has 0 radical (unpaired) electrons. The van der Waals surface area contributed by atoms with E-state index >= 15 is 0 Å². The van der Waals surface area contributed by atoms with E-state index in [2.05, 4.69) is 29.8 Å². The maximum absolute atomic E-state index is 13.5. The van der Waals surface area contributed by atoms with Crippen molar-refractivity contribution in [2.75, 3.05) is 7.11 Å². The molecule has 2 atom stereocenters. The van der Waals surface area contributed by atoms with Gasteiger partial charge in [-0.1, -0.05) is 42.3 Å². The van der Waals surface area contributed by atoms with Gasteiger partial charge in [-0.15, -0.1) is 0 Å². The minimum absolute atomic E-state index is 0.280. The van der Waals surface area contributed by atoms with Crippen molar-refractivity contribution in [2.24, 2.45) is 5.92 Å². The predicted octanol–water partition coefficient (Wildman–Crippen LogP) is 4.19. The highest BCUT2D eigenvalue weighted by Crippen LogP contribution is 2.24. The fraction of sp³-hybridized carbons (Fsp3) is 0.538. The summed E-state index contributed by atoms with van der Waals surface area (Å²) in [5.41, 5.74) is 1.02. The van der Waals surface area contributed by atoms with Crippen LogP contribution < -0.4 is 4.74 Å². The Balaban J connectivity index is 2.78. The van der Waals surface area contributed by atoms with Gasteiger partial charge in [0.05, 0.1) is 7.11 Å². The van der Waals surface area contributed by atoms with Crippen LogP contribution in [-0.4, -0.2) is 11.9 Å². The van der Waals surface area contributed by atoms with Crippen LogP contribution in [0.1, 0.15) is 25.8 Å². The highest BCUT2D eigenvalue weighted by Gasteiger charge is 2.14. The minimum atomic E-state index is -0.280. The monoisotopic (exact) mass is 288 g/mol. The Kier molecular flexibility index (Phi) is 5.26. The zero-order chi connectivity index (χ0) is 12.1. The molecule has 1 aromatic carbocycles. The van der Waals surface area contributed by atoms with Crippen LogP contribution in [0, 0.1) is 11.7 Å². The van der Waals surface area contributed by atoms with Crippen LogP contribution in [0.2, 0.25) is 0 Å². The van der Waals surface area contributed by atoms with Crippen molar-refractivity contribution in [1.82, 2.24) is 0 Å². The molecule has 1 nitrogen and oxygen atoms in total. The lowest BCUT2D eigenvalue weighted by atomic mass is 9.94. The Hall–Kier alpha value is -0.570. The molecule has 2 unspecified atom stereocenters. The molecule has 0 saturated carbocycles. The summed E-state index contributed by atoms with van der Waals surface area (Å²) in [7, 11) is 1.48. The second-order valence-electron chi connectivity index (χ2n) is 4.02. The topological polar surface area (TPSA) is 9.23 Å². The highest BCUT2D eigenvalue weighted by molar-refractivity contribution is 9.09. The summed E-state index contributed by atoms with van der Waals surface area (Å²) in [5, 5.41) is 0. The zero-order valence-corrected chi connectivity index (χ0v) is 11.6. The largest absolute Gasteiger partial charge is 0.494 e. The van der Waals surface area contributed by atoms with E-state index in [1.807, 2.05) is 6.07 Å². The molecule has 3 heteroatoms. The third-order valence-electron chi connectivity index (χ3n) is 2.89. The SMILES string of the molecule is CCC(Cc1ccc(OC)c(F)c1)C(C)Br. The molecule has 0 amide bonds. The van der Waals surface area contributed by atoms with Crippen LogP contribution in [-0.2, 0) is 6.42 Å². The van der Waals surface area contributed by atoms with Crippen LogP contribution in [0.5, 0.6) is 5.75 Å². The highest BCUT2D eigenvalue weighted by atomic mass is 79.9. The van der Waals surface area contributed by atoms with Gasteiger partial charge in [0.1, 0.15) is 0 Å². The lowest BCUT2D eigenvalue weighted by Crippen LogP contribution is -2.13. The lowest BCUT2D eigenvalue weighted by Gasteiger charge is -2.17. The molecule has 0 spiro atoms. The number of rotatable bonds is 5. The summed E-state index contributed by atoms with van der Waals surface area (Å²) in [6.07, 6.45) is 1.98. The van der Waals surface area contributed by atoms with Gasteiger partial charge in [0.2, 0.25) is 0 Å². The average Bonchev–Trinajstić information content (AvgIpc) is 2.25. The van der Waals surface area contributed by atoms with E-state index < -0.39 is 0 Å². The van der Waals surface area contributed by atoms with E-state index in [1.54, 1.807) is 12.1 Å². The van der Waals surface area contributed by atoms with Gasteiger partial charge >= 0.3 is 0 Å². The molecule has 0 heterocycles. The molecule has 0 saturated heterocycles. The maximum atomic E-state index is 13.5. The molecule has 16 heavy (non-hydrogen) atoms. The molecule has 0 aliphatic carbocycles. The van der Waals surface area contributed by atoms with Gasteiger partial charge in [-0.05, 0) is 30.0 Å². The first-order valence-corrected chi connectivity index (χ1v) is 6.46. The van der Waals surface area contributed by atoms with Gasteiger partial charge in [0, 0.05) is 4.83 Å². The lowest BCUT2D eigenvalue weighted by molar-refractivity contribution is 0.385. The summed E-state index contributed by atoms with van der Waals surface area (Å²) in [5.74, 6) is 0.563. The summed E-state index contributed by atoms with van der Waals surface area (Å²) >= 11 is 3.59. The number of hydrogen-bond donors (Lipinski definition) is 0. The van der Waals surface area contributed by atoms with Gasteiger partial charge < -0.3 is 4.74 Å². The van der Waals surface area contributed by atoms with Gasteiger partial charge in [-0.25, -0.2) is 4.39 Å². The Morgan fingerprint density at radius 3 is 2.56 bits per heavy atom. The van der Waals surface area contributed by atoms with E-state index in [-0.39, 0.29) is 5.82 Å². The molecule has 1 aromatic rings. The Morgan fingerprint density at radius 1 is 1.44 bits per heavy atom. The molecular formula is C13H18BrFO. The first kappa shape index (κ1) is 13.5. The van der Waals surface area contributed by atoms with Crippen LogP contribution in [0.3, 0.4) is 0 Å². The van der Waals surface area contributed by atoms with E-state index in [1.165, 1.54) is 7.11 Å². The normalized spacial score (nSPS) is 14.6. The third kappa shape index (κ3) is 3.48. The van der Waals surface area contributed by atoms with Crippen molar-refractivity contribution in [1.29, 1.82) is 0 Å².